The molecule has 7 nitrogen and oxygen atoms in total. The molecule has 0 unspecified atom stereocenters. The van der Waals surface area contributed by atoms with Crippen molar-refractivity contribution >= 4 is 17.5 Å². The number of aryl methyl sites for hydroxylation is 1. The summed E-state index contributed by atoms with van der Waals surface area (Å²) in [5.74, 6) is 0.269. The summed E-state index contributed by atoms with van der Waals surface area (Å²) in [6, 6.07) is 3.43. The predicted octanol–water partition coefficient (Wildman–Crippen LogP) is 1.87. The quantitative estimate of drug-likeness (QED) is 0.872. The highest BCUT2D eigenvalue weighted by molar-refractivity contribution is 6.07. The number of aromatic nitrogens is 3. The summed E-state index contributed by atoms with van der Waals surface area (Å²) in [4.78, 5) is 24.5. The highest BCUT2D eigenvalue weighted by Gasteiger charge is 2.13. The van der Waals surface area contributed by atoms with E-state index in [0.29, 0.717) is 29.4 Å². The van der Waals surface area contributed by atoms with Crippen molar-refractivity contribution in [3.05, 3.63) is 35.8 Å². The molecule has 2 N–H and O–H groups in total. The summed E-state index contributed by atoms with van der Waals surface area (Å²) in [6.07, 6.45) is 3.13. The molecule has 0 fully saturated rings. The second-order valence-corrected chi connectivity index (χ2v) is 4.28. The van der Waals surface area contributed by atoms with Gasteiger partial charge in [-0.3, -0.25) is 15.1 Å². The van der Waals surface area contributed by atoms with Crippen molar-refractivity contribution in [1.29, 1.82) is 0 Å². The lowest BCUT2D eigenvalue weighted by Gasteiger charge is -2.10. The molecular formula is C14H17N5O2. The van der Waals surface area contributed by atoms with Crippen LogP contribution < -0.4 is 15.4 Å². The Balaban J connectivity index is 2.24. The molecule has 0 aliphatic rings. The van der Waals surface area contributed by atoms with Crippen LogP contribution in [0.1, 0.15) is 23.0 Å². The van der Waals surface area contributed by atoms with Crippen LogP contribution in [-0.4, -0.2) is 34.5 Å². The maximum Gasteiger partial charge on any atom is 0.261 e. The largest absolute Gasteiger partial charge is 0.481 e. The summed E-state index contributed by atoms with van der Waals surface area (Å²) in [5.41, 5.74) is 1.85. The Morgan fingerprint density at radius 3 is 2.90 bits per heavy atom. The van der Waals surface area contributed by atoms with Gasteiger partial charge in [-0.25, -0.2) is 4.98 Å². The van der Waals surface area contributed by atoms with Gasteiger partial charge in [0.2, 0.25) is 11.8 Å². The van der Waals surface area contributed by atoms with E-state index >= 15 is 0 Å². The highest BCUT2D eigenvalue weighted by Crippen LogP contribution is 2.16. The lowest BCUT2D eigenvalue weighted by atomic mass is 10.2. The fraction of sp³-hybridized carbons (Fsp3) is 0.286. The van der Waals surface area contributed by atoms with E-state index in [1.807, 2.05) is 6.92 Å². The minimum Gasteiger partial charge on any atom is -0.481 e. The molecule has 110 valence electrons. The number of nitrogens with one attached hydrogen (secondary N) is 2. The lowest BCUT2D eigenvalue weighted by molar-refractivity contribution is 0.102. The third-order valence-corrected chi connectivity index (χ3v) is 2.70. The van der Waals surface area contributed by atoms with Gasteiger partial charge in [0.05, 0.1) is 18.4 Å². The molecule has 2 aromatic heterocycles. The number of nitrogens with zero attached hydrogens (tertiary/aromatic N) is 3. The molecule has 0 aromatic carbocycles. The number of hydrogen-bond donors (Lipinski definition) is 2. The molecule has 2 rings (SSSR count). The minimum absolute atomic E-state index is 0.197. The van der Waals surface area contributed by atoms with Crippen LogP contribution in [-0.2, 0) is 0 Å². The molecule has 2 aromatic rings. The molecule has 0 radical (unpaired) electrons. The molecule has 7 heteroatoms. The number of methoxy groups -OCH3 is 1. The molecule has 0 atom stereocenters. The summed E-state index contributed by atoms with van der Waals surface area (Å²) in [7, 11) is 1.51. The number of anilines is 2. The van der Waals surface area contributed by atoms with Gasteiger partial charge in [-0.05, 0) is 19.9 Å². The minimum atomic E-state index is -0.327. The Labute approximate surface area is 122 Å². The average molecular weight is 287 g/mol. The number of amides is 1. The fourth-order valence-corrected chi connectivity index (χ4v) is 1.79. The van der Waals surface area contributed by atoms with Gasteiger partial charge in [0, 0.05) is 30.7 Å². The number of hydrogen-bond acceptors (Lipinski definition) is 6. The zero-order chi connectivity index (χ0) is 15.2. The van der Waals surface area contributed by atoms with Crippen LogP contribution in [0, 0.1) is 6.92 Å². The summed E-state index contributed by atoms with van der Waals surface area (Å²) in [6.45, 7) is 4.46. The number of carbonyl (C=O) groups excluding carboxylic acids is 1. The standard InChI is InChI=1S/C14H17N5O2/c1-4-16-11-5-6-15-8-10(11)13(20)19-14-17-9(2)7-12(18-14)21-3/h5-8H,4H2,1-3H3,(H,15,16)(H,17,18,19,20). The highest BCUT2D eigenvalue weighted by atomic mass is 16.5. The number of carbonyl (C=O) groups is 1. The predicted molar refractivity (Wildman–Crippen MR) is 79.7 cm³/mol. The Morgan fingerprint density at radius 1 is 1.38 bits per heavy atom. The van der Waals surface area contributed by atoms with Gasteiger partial charge < -0.3 is 10.1 Å². The molecule has 0 saturated carbocycles. The maximum atomic E-state index is 12.3. The van der Waals surface area contributed by atoms with Gasteiger partial charge in [-0.1, -0.05) is 0 Å². The first-order chi connectivity index (χ1) is 10.1. The van der Waals surface area contributed by atoms with E-state index in [9.17, 15) is 4.79 Å². The van der Waals surface area contributed by atoms with Gasteiger partial charge in [-0.15, -0.1) is 0 Å². The molecule has 0 bridgehead atoms. The molecule has 1 amide bonds. The Bertz CT molecular complexity index is 645. The first-order valence-corrected chi connectivity index (χ1v) is 6.53. The van der Waals surface area contributed by atoms with Crippen LogP contribution in [0.3, 0.4) is 0 Å². The summed E-state index contributed by atoms with van der Waals surface area (Å²) < 4.78 is 5.06. The topological polar surface area (TPSA) is 89.0 Å². The molecule has 0 aliphatic carbocycles. The van der Waals surface area contributed by atoms with Crippen molar-refractivity contribution in [1.82, 2.24) is 15.0 Å². The van der Waals surface area contributed by atoms with Crippen LogP contribution in [0.2, 0.25) is 0 Å². The molecule has 0 saturated heterocycles. The maximum absolute atomic E-state index is 12.3. The van der Waals surface area contributed by atoms with Gasteiger partial charge in [0.15, 0.2) is 0 Å². The molecule has 0 aliphatic heterocycles. The van der Waals surface area contributed by atoms with E-state index in [-0.39, 0.29) is 11.9 Å². The third-order valence-electron chi connectivity index (χ3n) is 2.70. The summed E-state index contributed by atoms with van der Waals surface area (Å²) in [5, 5.41) is 5.76. The Morgan fingerprint density at radius 2 is 2.19 bits per heavy atom. The van der Waals surface area contributed by atoms with Gasteiger partial charge in [-0.2, -0.15) is 4.98 Å². The van der Waals surface area contributed by atoms with Gasteiger partial charge >= 0.3 is 0 Å². The van der Waals surface area contributed by atoms with Crippen LogP contribution in [0.4, 0.5) is 11.6 Å². The van der Waals surface area contributed by atoms with E-state index in [4.69, 9.17) is 4.74 Å². The van der Waals surface area contributed by atoms with Crippen molar-refractivity contribution in [2.24, 2.45) is 0 Å². The van der Waals surface area contributed by atoms with Crippen molar-refractivity contribution in [2.75, 3.05) is 24.3 Å². The van der Waals surface area contributed by atoms with Crippen molar-refractivity contribution < 1.29 is 9.53 Å². The molecule has 21 heavy (non-hydrogen) atoms. The van der Waals surface area contributed by atoms with E-state index in [1.165, 1.54) is 13.3 Å². The SMILES string of the molecule is CCNc1ccncc1C(=O)Nc1nc(C)cc(OC)n1. The van der Waals surface area contributed by atoms with Crippen LogP contribution in [0.5, 0.6) is 5.88 Å². The molecular weight excluding hydrogens is 270 g/mol. The van der Waals surface area contributed by atoms with Crippen molar-refractivity contribution in [2.45, 2.75) is 13.8 Å². The van der Waals surface area contributed by atoms with E-state index in [1.54, 1.807) is 25.3 Å². The number of rotatable bonds is 5. The fourth-order valence-electron chi connectivity index (χ4n) is 1.79. The van der Waals surface area contributed by atoms with Crippen molar-refractivity contribution in [3.8, 4) is 5.88 Å². The van der Waals surface area contributed by atoms with E-state index < -0.39 is 0 Å². The smallest absolute Gasteiger partial charge is 0.261 e. The molecule has 2 heterocycles. The Hall–Kier alpha value is -2.70. The zero-order valence-electron chi connectivity index (χ0n) is 12.2. The second-order valence-electron chi connectivity index (χ2n) is 4.28. The number of ether oxygens (including phenoxy) is 1. The zero-order valence-corrected chi connectivity index (χ0v) is 12.2. The second kappa shape index (κ2) is 6.65. The van der Waals surface area contributed by atoms with Crippen LogP contribution in [0.25, 0.3) is 0 Å². The monoisotopic (exact) mass is 287 g/mol. The van der Waals surface area contributed by atoms with E-state index in [0.717, 1.165) is 0 Å². The first kappa shape index (κ1) is 14.7. The number of pyridine rings is 1. The average Bonchev–Trinajstić information content (AvgIpc) is 2.47. The van der Waals surface area contributed by atoms with E-state index in [2.05, 4.69) is 25.6 Å². The van der Waals surface area contributed by atoms with Crippen LogP contribution in [0.15, 0.2) is 24.5 Å². The molecule has 0 spiro atoms. The summed E-state index contributed by atoms with van der Waals surface area (Å²) >= 11 is 0. The Kier molecular flexibility index (Phi) is 4.65. The third kappa shape index (κ3) is 3.65. The van der Waals surface area contributed by atoms with Crippen LogP contribution >= 0.6 is 0 Å². The van der Waals surface area contributed by atoms with Gasteiger partial charge in [0.1, 0.15) is 0 Å². The normalized spacial score (nSPS) is 10.0. The lowest BCUT2D eigenvalue weighted by Crippen LogP contribution is -2.17. The first-order valence-electron chi connectivity index (χ1n) is 6.53. The van der Waals surface area contributed by atoms with Gasteiger partial charge in [0.25, 0.3) is 5.91 Å². The van der Waals surface area contributed by atoms with Crippen molar-refractivity contribution in [3.63, 3.8) is 0 Å².